The second kappa shape index (κ2) is 5.39. The number of benzene rings is 1. The van der Waals surface area contributed by atoms with Gasteiger partial charge in [0, 0.05) is 6.92 Å². The topological polar surface area (TPSA) is 62.0 Å². The number of aliphatic hydroxyl groups is 1. The molecule has 1 N–H and O–H groups in total. The van der Waals surface area contributed by atoms with Crippen LogP contribution < -0.4 is 0 Å². The van der Waals surface area contributed by atoms with Crippen LogP contribution in [0.2, 0.25) is 0 Å². The van der Waals surface area contributed by atoms with Crippen molar-refractivity contribution in [3.05, 3.63) is 40.8 Å². The average Bonchev–Trinajstić information content (AvgIpc) is 2.14. The molecule has 0 saturated carbocycles. The Balaban J connectivity index is 3.05. The molecular formula is C13H16N2O2. The van der Waals surface area contributed by atoms with Crippen molar-refractivity contribution in [1.82, 2.24) is 0 Å². The minimum absolute atomic E-state index is 0.0100. The lowest BCUT2D eigenvalue weighted by Crippen LogP contribution is -1.96. The van der Waals surface area contributed by atoms with E-state index in [1.807, 2.05) is 32.0 Å². The summed E-state index contributed by atoms with van der Waals surface area (Å²) in [5.74, 6) is -0.427. The van der Waals surface area contributed by atoms with E-state index >= 15 is 0 Å². The van der Waals surface area contributed by atoms with Gasteiger partial charge in [0.25, 0.3) is 0 Å². The number of aryl methyl sites for hydroxylation is 2. The van der Waals surface area contributed by atoms with Gasteiger partial charge in [-0.3, -0.25) is 4.79 Å². The first-order valence-corrected chi connectivity index (χ1v) is 5.31. The van der Waals surface area contributed by atoms with Crippen LogP contribution in [-0.2, 0) is 4.79 Å². The van der Waals surface area contributed by atoms with Gasteiger partial charge in [0.1, 0.15) is 5.76 Å². The number of carbonyl (C=O) groups is 1. The van der Waals surface area contributed by atoms with Crippen molar-refractivity contribution in [2.75, 3.05) is 0 Å². The van der Waals surface area contributed by atoms with Crippen LogP contribution in [0.1, 0.15) is 25.0 Å². The van der Waals surface area contributed by atoms with Crippen LogP contribution in [0.15, 0.2) is 39.9 Å². The molecule has 1 rings (SSSR count). The predicted octanol–water partition coefficient (Wildman–Crippen LogP) is 3.77. The summed E-state index contributed by atoms with van der Waals surface area (Å²) in [6, 6.07) is 5.75. The number of azo groups is 1. The Bertz CT molecular complexity index is 478. The van der Waals surface area contributed by atoms with E-state index in [1.165, 1.54) is 13.8 Å². The molecule has 0 aliphatic carbocycles. The highest BCUT2D eigenvalue weighted by atomic mass is 16.3. The summed E-state index contributed by atoms with van der Waals surface area (Å²) >= 11 is 0. The predicted molar refractivity (Wildman–Crippen MR) is 66.4 cm³/mol. The molecule has 1 aromatic carbocycles. The molecule has 0 unspecified atom stereocenters. The first kappa shape index (κ1) is 13.1. The van der Waals surface area contributed by atoms with Crippen LogP contribution >= 0.6 is 0 Å². The zero-order chi connectivity index (χ0) is 13.0. The Hall–Kier alpha value is -1.97. The van der Waals surface area contributed by atoms with Gasteiger partial charge in [-0.2, -0.15) is 5.11 Å². The summed E-state index contributed by atoms with van der Waals surface area (Å²) in [4.78, 5) is 11.2. The van der Waals surface area contributed by atoms with E-state index in [1.54, 1.807) is 0 Å². The van der Waals surface area contributed by atoms with Crippen LogP contribution in [0.3, 0.4) is 0 Å². The number of carbonyl (C=O) groups excluding carboxylic acids is 1. The van der Waals surface area contributed by atoms with E-state index in [0.717, 1.165) is 11.1 Å². The molecule has 0 radical (unpaired) electrons. The smallest absolute Gasteiger partial charge is 0.183 e. The van der Waals surface area contributed by atoms with Gasteiger partial charge in [-0.15, -0.1) is 5.11 Å². The van der Waals surface area contributed by atoms with Crippen molar-refractivity contribution >= 4 is 11.5 Å². The fourth-order valence-electron chi connectivity index (χ4n) is 1.51. The largest absolute Gasteiger partial charge is 0.510 e. The zero-order valence-corrected chi connectivity index (χ0v) is 10.5. The number of Topliss-reactive ketones (excluding diaryl/α,β-unsaturated/α-hetero) is 1. The van der Waals surface area contributed by atoms with Gasteiger partial charge >= 0.3 is 0 Å². The van der Waals surface area contributed by atoms with E-state index in [-0.39, 0.29) is 17.2 Å². The van der Waals surface area contributed by atoms with Crippen molar-refractivity contribution < 1.29 is 9.90 Å². The van der Waals surface area contributed by atoms with Gasteiger partial charge in [-0.25, -0.2) is 0 Å². The molecule has 0 saturated heterocycles. The van der Waals surface area contributed by atoms with Crippen molar-refractivity contribution in [3.63, 3.8) is 0 Å². The summed E-state index contributed by atoms with van der Waals surface area (Å²) in [5, 5.41) is 17.0. The lowest BCUT2D eigenvalue weighted by Gasteiger charge is -2.00. The molecule has 0 heterocycles. The first-order chi connectivity index (χ1) is 7.90. The van der Waals surface area contributed by atoms with E-state index in [2.05, 4.69) is 10.2 Å². The van der Waals surface area contributed by atoms with Gasteiger partial charge in [0.15, 0.2) is 11.5 Å². The minimum Gasteiger partial charge on any atom is -0.510 e. The molecule has 0 aromatic heterocycles. The maximum atomic E-state index is 11.2. The van der Waals surface area contributed by atoms with Crippen molar-refractivity contribution in [1.29, 1.82) is 0 Å². The van der Waals surface area contributed by atoms with Crippen molar-refractivity contribution in [2.45, 2.75) is 27.7 Å². The molecular weight excluding hydrogens is 216 g/mol. The number of nitrogens with zero attached hydrogens (tertiary/aromatic N) is 2. The molecule has 0 bridgehead atoms. The van der Waals surface area contributed by atoms with Crippen LogP contribution in [0.25, 0.3) is 0 Å². The number of hydrogen-bond acceptors (Lipinski definition) is 4. The summed E-state index contributed by atoms with van der Waals surface area (Å²) in [7, 11) is 0. The van der Waals surface area contributed by atoms with Crippen LogP contribution in [0.4, 0.5) is 5.69 Å². The van der Waals surface area contributed by atoms with E-state index in [9.17, 15) is 9.90 Å². The molecule has 90 valence electrons. The minimum atomic E-state index is -0.307. The van der Waals surface area contributed by atoms with Gasteiger partial charge < -0.3 is 5.11 Å². The van der Waals surface area contributed by atoms with E-state index in [0.29, 0.717) is 5.69 Å². The van der Waals surface area contributed by atoms with Crippen molar-refractivity contribution in [3.8, 4) is 0 Å². The SMILES string of the molecule is CC(=O)/C(N=Nc1cc(C)cc(C)c1)=C(\C)O. The maximum Gasteiger partial charge on any atom is 0.183 e. The zero-order valence-electron chi connectivity index (χ0n) is 10.5. The fraction of sp³-hybridized carbons (Fsp3) is 0.308. The Morgan fingerprint density at radius 1 is 1.12 bits per heavy atom. The highest BCUT2D eigenvalue weighted by molar-refractivity contribution is 5.93. The summed E-state index contributed by atoms with van der Waals surface area (Å²) in [6.45, 7) is 6.68. The highest BCUT2D eigenvalue weighted by Crippen LogP contribution is 2.19. The van der Waals surface area contributed by atoms with Crippen LogP contribution in [-0.4, -0.2) is 10.9 Å². The Morgan fingerprint density at radius 2 is 1.65 bits per heavy atom. The molecule has 0 amide bonds. The Labute approximate surface area is 101 Å². The summed E-state index contributed by atoms with van der Waals surface area (Å²) in [6.07, 6.45) is 0. The summed E-state index contributed by atoms with van der Waals surface area (Å²) in [5.41, 5.74) is 2.81. The van der Waals surface area contributed by atoms with Gasteiger partial charge in [0.05, 0.1) is 5.69 Å². The van der Waals surface area contributed by atoms with Crippen LogP contribution in [0, 0.1) is 13.8 Å². The first-order valence-electron chi connectivity index (χ1n) is 5.31. The standard InChI is InChI=1S/C13H16N2O2/c1-8-5-9(2)7-12(6-8)14-15-13(10(3)16)11(4)17/h5-7,16H,1-4H3/b13-10-,15-14?. The quantitative estimate of drug-likeness (QED) is 0.490. The average molecular weight is 232 g/mol. The van der Waals surface area contributed by atoms with Gasteiger partial charge in [0.2, 0.25) is 0 Å². The van der Waals surface area contributed by atoms with E-state index < -0.39 is 0 Å². The van der Waals surface area contributed by atoms with Crippen LogP contribution in [0.5, 0.6) is 0 Å². The van der Waals surface area contributed by atoms with Gasteiger partial charge in [-0.1, -0.05) is 6.07 Å². The number of ketones is 1. The molecule has 17 heavy (non-hydrogen) atoms. The number of allylic oxidation sites excluding steroid dienone is 2. The monoisotopic (exact) mass is 232 g/mol. The molecule has 0 fully saturated rings. The second-order valence-corrected chi connectivity index (χ2v) is 4.04. The highest BCUT2D eigenvalue weighted by Gasteiger charge is 2.06. The molecule has 0 spiro atoms. The van der Waals surface area contributed by atoms with E-state index in [4.69, 9.17) is 0 Å². The number of hydrogen-bond donors (Lipinski definition) is 1. The third kappa shape index (κ3) is 3.83. The Kier molecular flexibility index (Phi) is 4.15. The normalized spacial score (nSPS) is 12.7. The maximum absolute atomic E-state index is 11.2. The molecule has 0 aliphatic heterocycles. The lowest BCUT2D eigenvalue weighted by atomic mass is 10.1. The third-order valence-electron chi connectivity index (χ3n) is 2.15. The second-order valence-electron chi connectivity index (χ2n) is 4.04. The molecule has 4 heteroatoms. The number of aliphatic hydroxyl groups excluding tert-OH is 1. The molecule has 0 atom stereocenters. The summed E-state index contributed by atoms with van der Waals surface area (Å²) < 4.78 is 0. The van der Waals surface area contributed by atoms with Crippen molar-refractivity contribution in [2.24, 2.45) is 10.2 Å². The lowest BCUT2D eigenvalue weighted by molar-refractivity contribution is -0.113. The Morgan fingerprint density at radius 3 is 2.06 bits per heavy atom. The third-order valence-corrected chi connectivity index (χ3v) is 2.15. The molecule has 1 aromatic rings. The van der Waals surface area contributed by atoms with Gasteiger partial charge in [-0.05, 0) is 44.0 Å². The fourth-order valence-corrected chi connectivity index (χ4v) is 1.51. The molecule has 4 nitrogen and oxygen atoms in total. The molecule has 0 aliphatic rings. The number of rotatable bonds is 3.